The van der Waals surface area contributed by atoms with Gasteiger partial charge in [0, 0.05) is 28.2 Å². The molecule has 0 aliphatic rings. The highest BCUT2D eigenvalue weighted by Gasteiger charge is 2.13. The number of sulfonamides is 1. The summed E-state index contributed by atoms with van der Waals surface area (Å²) >= 11 is 1.14. The van der Waals surface area contributed by atoms with E-state index in [0.717, 1.165) is 32.7 Å². The van der Waals surface area contributed by atoms with Crippen molar-refractivity contribution in [1.82, 2.24) is 15.0 Å². The summed E-state index contributed by atoms with van der Waals surface area (Å²) in [6.45, 7) is 0.424. The van der Waals surface area contributed by atoms with Gasteiger partial charge in [-0.05, 0) is 36.4 Å². The number of aromatic nitrogens is 3. The highest BCUT2D eigenvalue weighted by molar-refractivity contribution is 7.91. The molecule has 0 spiro atoms. The molecule has 0 bridgehead atoms. The van der Waals surface area contributed by atoms with Crippen LogP contribution in [0.3, 0.4) is 0 Å². The number of anilines is 1. The second-order valence-electron chi connectivity index (χ2n) is 5.77. The fraction of sp³-hybridized carbons (Fsp3) is 0.0556. The summed E-state index contributed by atoms with van der Waals surface area (Å²) in [7, 11) is -3.68. The van der Waals surface area contributed by atoms with Crippen molar-refractivity contribution in [1.29, 1.82) is 0 Å². The van der Waals surface area contributed by atoms with Gasteiger partial charge in [0.15, 0.2) is 5.82 Å². The second kappa shape index (κ2) is 7.03. The monoisotopic (exact) mass is 397 g/mol. The van der Waals surface area contributed by atoms with E-state index in [9.17, 15) is 8.42 Å². The summed E-state index contributed by atoms with van der Waals surface area (Å²) in [5.41, 5.74) is 1.63. The zero-order chi connectivity index (χ0) is 18.9. The van der Waals surface area contributed by atoms with Crippen molar-refractivity contribution in [3.05, 3.63) is 65.8 Å². The van der Waals surface area contributed by atoms with Crippen LogP contribution >= 0.6 is 11.3 Å². The molecule has 0 aliphatic carbocycles. The Kier molecular flexibility index (Phi) is 4.56. The number of thiophene rings is 1. The Hall–Kier alpha value is -2.88. The third kappa shape index (κ3) is 3.80. The van der Waals surface area contributed by atoms with E-state index >= 15 is 0 Å². The van der Waals surface area contributed by atoms with E-state index in [4.69, 9.17) is 5.14 Å². The van der Waals surface area contributed by atoms with Gasteiger partial charge in [0.2, 0.25) is 10.0 Å². The zero-order valence-electron chi connectivity index (χ0n) is 14.0. The van der Waals surface area contributed by atoms with E-state index in [1.807, 2.05) is 36.4 Å². The van der Waals surface area contributed by atoms with Crippen molar-refractivity contribution in [2.45, 2.75) is 10.8 Å². The molecule has 3 aromatic heterocycles. The minimum Gasteiger partial charge on any atom is -0.365 e. The normalized spacial score (nSPS) is 11.6. The number of hydrogen-bond donors (Lipinski definition) is 2. The van der Waals surface area contributed by atoms with Gasteiger partial charge in [0.25, 0.3) is 0 Å². The number of fused-ring (bicyclic) bond motifs is 1. The molecule has 7 nitrogen and oxygen atoms in total. The molecule has 0 amide bonds. The Labute approximate surface area is 160 Å². The molecule has 0 radical (unpaired) electrons. The van der Waals surface area contributed by atoms with Crippen LogP contribution in [0.25, 0.3) is 22.3 Å². The average Bonchev–Trinajstić information content (AvgIpc) is 3.16. The Morgan fingerprint density at radius 1 is 1.04 bits per heavy atom. The minimum absolute atomic E-state index is 0.142. The Bertz CT molecular complexity index is 1210. The van der Waals surface area contributed by atoms with Crippen LogP contribution in [0.1, 0.15) is 4.88 Å². The van der Waals surface area contributed by atoms with Crippen LogP contribution in [-0.2, 0) is 16.6 Å². The lowest BCUT2D eigenvalue weighted by atomic mass is 10.2. The summed E-state index contributed by atoms with van der Waals surface area (Å²) in [5.74, 6) is 1.24. The lowest BCUT2D eigenvalue weighted by molar-refractivity contribution is 0.600. The van der Waals surface area contributed by atoms with E-state index in [1.54, 1.807) is 18.5 Å². The molecule has 0 saturated heterocycles. The van der Waals surface area contributed by atoms with Crippen LogP contribution in [0.5, 0.6) is 0 Å². The molecule has 0 saturated carbocycles. The number of nitrogens with two attached hydrogens (primary N) is 1. The molecule has 3 N–H and O–H groups in total. The molecule has 0 aliphatic heterocycles. The van der Waals surface area contributed by atoms with Gasteiger partial charge in [-0.15, -0.1) is 11.3 Å². The van der Waals surface area contributed by atoms with E-state index in [0.29, 0.717) is 18.2 Å². The number of pyridine rings is 1. The molecule has 1 aromatic carbocycles. The van der Waals surface area contributed by atoms with Gasteiger partial charge in [0.05, 0.1) is 12.1 Å². The Balaban J connectivity index is 1.69. The topological polar surface area (TPSA) is 111 Å². The van der Waals surface area contributed by atoms with Crippen LogP contribution in [0.4, 0.5) is 5.82 Å². The fourth-order valence-electron chi connectivity index (χ4n) is 2.61. The summed E-state index contributed by atoms with van der Waals surface area (Å²) < 4.78 is 23.0. The van der Waals surface area contributed by atoms with Crippen molar-refractivity contribution in [2.24, 2.45) is 5.14 Å². The summed E-state index contributed by atoms with van der Waals surface area (Å²) in [6.07, 6.45) is 3.41. The number of benzene rings is 1. The Morgan fingerprint density at radius 2 is 1.89 bits per heavy atom. The predicted octanol–water partition coefficient (Wildman–Crippen LogP) is 3.01. The smallest absolute Gasteiger partial charge is 0.247 e. The number of para-hydroxylation sites is 1. The van der Waals surface area contributed by atoms with Crippen molar-refractivity contribution in [2.75, 3.05) is 5.32 Å². The molecule has 0 atom stereocenters. The van der Waals surface area contributed by atoms with Gasteiger partial charge >= 0.3 is 0 Å². The quantitative estimate of drug-likeness (QED) is 0.535. The number of nitrogens with one attached hydrogen (secondary N) is 1. The maximum absolute atomic E-state index is 11.4. The van der Waals surface area contributed by atoms with Crippen LogP contribution in [0, 0.1) is 0 Å². The first kappa shape index (κ1) is 17.5. The predicted molar refractivity (Wildman–Crippen MR) is 106 cm³/mol. The number of nitrogens with zero attached hydrogens (tertiary/aromatic N) is 3. The lowest BCUT2D eigenvalue weighted by Gasteiger charge is -2.10. The van der Waals surface area contributed by atoms with Crippen LogP contribution in [-0.4, -0.2) is 23.4 Å². The first-order chi connectivity index (χ1) is 13.0. The number of primary sulfonamides is 1. The van der Waals surface area contributed by atoms with Gasteiger partial charge in [-0.3, -0.25) is 4.98 Å². The standard InChI is InChI=1S/C18H15N5O2S2/c19-27(24,25)16-8-7-13(26-16)11-21-18-14-5-1-2-6-15(14)22-17(23-18)12-4-3-9-20-10-12/h1-10H,11H2,(H2,19,24,25)(H,21,22,23). The summed E-state index contributed by atoms with van der Waals surface area (Å²) in [4.78, 5) is 14.2. The third-order valence-electron chi connectivity index (χ3n) is 3.87. The van der Waals surface area contributed by atoms with Gasteiger partial charge in [-0.25, -0.2) is 23.5 Å². The van der Waals surface area contributed by atoms with E-state index in [-0.39, 0.29) is 4.21 Å². The van der Waals surface area contributed by atoms with Gasteiger partial charge < -0.3 is 5.32 Å². The maximum Gasteiger partial charge on any atom is 0.247 e. The second-order valence-corrected chi connectivity index (χ2v) is 8.73. The van der Waals surface area contributed by atoms with Crippen LogP contribution in [0.2, 0.25) is 0 Å². The van der Waals surface area contributed by atoms with Crippen LogP contribution < -0.4 is 10.5 Å². The minimum atomic E-state index is -3.68. The third-order valence-corrected chi connectivity index (χ3v) is 6.39. The molecular weight excluding hydrogens is 382 g/mol. The van der Waals surface area contributed by atoms with Crippen molar-refractivity contribution < 1.29 is 8.42 Å². The first-order valence-corrected chi connectivity index (χ1v) is 10.4. The highest BCUT2D eigenvalue weighted by atomic mass is 32.2. The number of rotatable bonds is 5. The summed E-state index contributed by atoms with van der Waals surface area (Å²) in [6, 6.07) is 14.7. The molecule has 27 heavy (non-hydrogen) atoms. The highest BCUT2D eigenvalue weighted by Crippen LogP contribution is 2.26. The lowest BCUT2D eigenvalue weighted by Crippen LogP contribution is -2.09. The number of hydrogen-bond acceptors (Lipinski definition) is 7. The largest absolute Gasteiger partial charge is 0.365 e. The maximum atomic E-state index is 11.4. The van der Waals surface area contributed by atoms with Gasteiger partial charge in [-0.1, -0.05) is 12.1 Å². The Morgan fingerprint density at radius 3 is 2.63 bits per heavy atom. The molecule has 9 heteroatoms. The van der Waals surface area contributed by atoms with Crippen molar-refractivity contribution in [3.63, 3.8) is 0 Å². The van der Waals surface area contributed by atoms with Crippen molar-refractivity contribution in [3.8, 4) is 11.4 Å². The van der Waals surface area contributed by atoms with Crippen molar-refractivity contribution >= 4 is 38.1 Å². The molecule has 136 valence electrons. The molecule has 0 fully saturated rings. The van der Waals surface area contributed by atoms with Gasteiger partial charge in [0.1, 0.15) is 10.0 Å². The summed E-state index contributed by atoms with van der Waals surface area (Å²) in [5, 5.41) is 9.34. The molecular formula is C18H15N5O2S2. The molecule has 4 aromatic rings. The average molecular weight is 397 g/mol. The van der Waals surface area contributed by atoms with E-state index in [2.05, 4.69) is 20.3 Å². The van der Waals surface area contributed by atoms with E-state index in [1.165, 1.54) is 6.07 Å². The van der Waals surface area contributed by atoms with Crippen LogP contribution in [0.15, 0.2) is 65.1 Å². The molecule has 3 heterocycles. The molecule has 0 unspecified atom stereocenters. The SMILES string of the molecule is NS(=O)(=O)c1ccc(CNc2nc(-c3cccnc3)nc3ccccc23)s1. The first-order valence-electron chi connectivity index (χ1n) is 8.03. The zero-order valence-corrected chi connectivity index (χ0v) is 15.7. The van der Waals surface area contributed by atoms with E-state index < -0.39 is 10.0 Å². The molecule has 4 rings (SSSR count). The fourth-order valence-corrected chi connectivity index (χ4v) is 4.33. The van der Waals surface area contributed by atoms with Gasteiger partial charge in [-0.2, -0.15) is 0 Å².